The van der Waals surface area contributed by atoms with Crippen molar-refractivity contribution in [3.63, 3.8) is 0 Å². The molecule has 0 saturated carbocycles. The molecule has 3 nitrogen and oxygen atoms in total. The Morgan fingerprint density at radius 1 is 1.90 bits per heavy atom. The molecule has 0 radical (unpaired) electrons. The molecule has 4 heteroatoms. The van der Waals surface area contributed by atoms with E-state index in [0.717, 1.165) is 0 Å². The number of aromatic nitrogens is 1. The zero-order valence-corrected chi connectivity index (χ0v) is 5.89. The molecule has 0 aliphatic rings. The normalized spacial score (nSPS) is 8.70. The van der Waals surface area contributed by atoms with E-state index in [1.54, 1.807) is 10.9 Å². The fraction of sp³-hybridized carbons (Fsp3) is 0.167. The van der Waals surface area contributed by atoms with Crippen molar-refractivity contribution in [2.75, 3.05) is 6.54 Å². The standard InChI is InChI=1S/C6H4N2OS/c1-7-2-6(9)5-3-10-4-8-5/h3-4H,2H2. The lowest BCUT2D eigenvalue weighted by molar-refractivity contribution is 0.101. The Morgan fingerprint density at radius 2 is 2.70 bits per heavy atom. The van der Waals surface area contributed by atoms with Crippen LogP contribution in [0.3, 0.4) is 0 Å². The van der Waals surface area contributed by atoms with E-state index < -0.39 is 0 Å². The summed E-state index contributed by atoms with van der Waals surface area (Å²) >= 11 is 1.36. The summed E-state index contributed by atoms with van der Waals surface area (Å²) in [7, 11) is 0. The highest BCUT2D eigenvalue weighted by Gasteiger charge is 2.08. The van der Waals surface area contributed by atoms with Crippen LogP contribution < -0.4 is 0 Å². The molecule has 0 unspecified atom stereocenters. The fourth-order valence-corrected chi connectivity index (χ4v) is 1.06. The van der Waals surface area contributed by atoms with Crippen LogP contribution in [0.4, 0.5) is 0 Å². The summed E-state index contributed by atoms with van der Waals surface area (Å²) in [5, 5.41) is 1.65. The Morgan fingerprint density at radius 3 is 3.20 bits per heavy atom. The van der Waals surface area contributed by atoms with E-state index in [4.69, 9.17) is 6.57 Å². The summed E-state index contributed by atoms with van der Waals surface area (Å²) in [6.07, 6.45) is 0. The largest absolute Gasteiger partial charge is 0.308 e. The summed E-state index contributed by atoms with van der Waals surface area (Å²) in [6, 6.07) is 0. The van der Waals surface area contributed by atoms with E-state index in [9.17, 15) is 4.79 Å². The molecule has 0 fully saturated rings. The lowest BCUT2D eigenvalue weighted by Gasteiger charge is -1.81. The second-order valence-electron chi connectivity index (χ2n) is 1.61. The van der Waals surface area contributed by atoms with Gasteiger partial charge in [0.15, 0.2) is 0 Å². The number of rotatable bonds is 2. The van der Waals surface area contributed by atoms with E-state index in [1.165, 1.54) is 11.3 Å². The molecule has 1 heterocycles. The Labute approximate surface area is 62.2 Å². The quantitative estimate of drug-likeness (QED) is 0.472. The van der Waals surface area contributed by atoms with Crippen molar-refractivity contribution in [3.8, 4) is 0 Å². The molecule has 1 aromatic rings. The number of ketones is 1. The van der Waals surface area contributed by atoms with E-state index in [1.807, 2.05) is 0 Å². The molecule has 0 aliphatic carbocycles. The molecule has 0 spiro atoms. The second kappa shape index (κ2) is 3.08. The van der Waals surface area contributed by atoms with Gasteiger partial charge in [-0.25, -0.2) is 11.6 Å². The van der Waals surface area contributed by atoms with Gasteiger partial charge in [-0.1, -0.05) is 0 Å². The Bertz CT molecular complexity index is 260. The molecular weight excluding hydrogens is 148 g/mol. The minimum atomic E-state index is -0.198. The number of thiazole rings is 1. The molecule has 0 N–H and O–H groups in total. The van der Waals surface area contributed by atoms with E-state index >= 15 is 0 Å². The molecule has 0 aromatic carbocycles. The predicted octanol–water partition coefficient (Wildman–Crippen LogP) is 1.25. The zero-order valence-electron chi connectivity index (χ0n) is 5.07. The number of carbonyl (C=O) groups is 1. The van der Waals surface area contributed by atoms with Crippen molar-refractivity contribution >= 4 is 17.1 Å². The van der Waals surface area contributed by atoms with Gasteiger partial charge in [0, 0.05) is 5.38 Å². The third-order valence-electron chi connectivity index (χ3n) is 0.941. The van der Waals surface area contributed by atoms with Crippen LogP contribution in [-0.2, 0) is 0 Å². The predicted molar refractivity (Wildman–Crippen MR) is 37.9 cm³/mol. The Hall–Kier alpha value is -1.21. The van der Waals surface area contributed by atoms with Crippen molar-refractivity contribution in [1.29, 1.82) is 0 Å². The average molecular weight is 152 g/mol. The summed E-state index contributed by atoms with van der Waals surface area (Å²) in [6.45, 7) is 6.32. The molecule has 0 bridgehead atoms. The van der Waals surface area contributed by atoms with Crippen molar-refractivity contribution < 1.29 is 4.79 Å². The highest BCUT2D eigenvalue weighted by Crippen LogP contribution is 2.01. The molecule has 0 aliphatic heterocycles. The Balaban J connectivity index is 2.71. The van der Waals surface area contributed by atoms with Gasteiger partial charge < -0.3 is 4.85 Å². The molecule has 10 heavy (non-hydrogen) atoms. The minimum absolute atomic E-state index is 0.0935. The Kier molecular flexibility index (Phi) is 2.13. The molecule has 50 valence electrons. The topological polar surface area (TPSA) is 34.3 Å². The smallest absolute Gasteiger partial charge is 0.278 e. The third-order valence-corrected chi connectivity index (χ3v) is 1.53. The van der Waals surface area contributed by atoms with Gasteiger partial charge in [-0.15, -0.1) is 11.3 Å². The highest BCUT2D eigenvalue weighted by molar-refractivity contribution is 7.07. The van der Waals surface area contributed by atoms with Crippen molar-refractivity contribution in [2.24, 2.45) is 0 Å². The third kappa shape index (κ3) is 1.39. The van der Waals surface area contributed by atoms with Crippen LogP contribution in [0, 0.1) is 6.57 Å². The van der Waals surface area contributed by atoms with Gasteiger partial charge >= 0.3 is 0 Å². The van der Waals surface area contributed by atoms with Crippen molar-refractivity contribution in [1.82, 2.24) is 4.98 Å². The maximum absolute atomic E-state index is 10.8. The number of hydrogen-bond acceptors (Lipinski definition) is 3. The summed E-state index contributed by atoms with van der Waals surface area (Å²) in [5.41, 5.74) is 1.98. The monoisotopic (exact) mass is 152 g/mol. The number of hydrogen-bond donors (Lipinski definition) is 0. The van der Waals surface area contributed by atoms with Gasteiger partial charge in [0.1, 0.15) is 5.69 Å². The van der Waals surface area contributed by atoms with Gasteiger partial charge in [0.05, 0.1) is 5.51 Å². The summed E-state index contributed by atoms with van der Waals surface area (Å²) < 4.78 is 0. The first kappa shape index (κ1) is 6.90. The van der Waals surface area contributed by atoms with Crippen LogP contribution in [-0.4, -0.2) is 17.3 Å². The van der Waals surface area contributed by atoms with Gasteiger partial charge in [-0.05, 0) is 0 Å². The minimum Gasteiger partial charge on any atom is -0.308 e. The SMILES string of the molecule is [C-]#[N+]CC(=O)c1cscn1. The van der Waals surface area contributed by atoms with E-state index in [0.29, 0.717) is 5.69 Å². The van der Waals surface area contributed by atoms with E-state index in [2.05, 4.69) is 9.83 Å². The van der Waals surface area contributed by atoms with Crippen LogP contribution in [0.2, 0.25) is 0 Å². The lowest BCUT2D eigenvalue weighted by atomic mass is 10.3. The zero-order chi connectivity index (χ0) is 7.40. The first-order valence-corrected chi connectivity index (χ1v) is 3.53. The molecule has 0 atom stereocenters. The van der Waals surface area contributed by atoms with Crippen LogP contribution >= 0.6 is 11.3 Å². The van der Waals surface area contributed by atoms with Gasteiger partial charge in [0.2, 0.25) is 0 Å². The molecule has 0 amide bonds. The molecule has 1 aromatic heterocycles. The molecule has 1 rings (SSSR count). The van der Waals surface area contributed by atoms with Gasteiger partial charge in [0.25, 0.3) is 12.3 Å². The average Bonchev–Trinajstić information content (AvgIpc) is 2.38. The fourth-order valence-electron chi connectivity index (χ4n) is 0.503. The van der Waals surface area contributed by atoms with Gasteiger partial charge in [-0.3, -0.25) is 4.79 Å². The summed E-state index contributed by atoms with van der Waals surface area (Å²) in [5.74, 6) is -0.198. The number of carbonyl (C=O) groups excluding carboxylic acids is 1. The number of Topliss-reactive ketones (excluding diaryl/α,β-unsaturated/α-hetero) is 1. The van der Waals surface area contributed by atoms with Crippen molar-refractivity contribution in [3.05, 3.63) is 28.0 Å². The maximum atomic E-state index is 10.8. The summed E-state index contributed by atoms with van der Waals surface area (Å²) in [4.78, 5) is 17.6. The van der Waals surface area contributed by atoms with Crippen LogP contribution in [0.25, 0.3) is 4.85 Å². The van der Waals surface area contributed by atoms with Crippen molar-refractivity contribution in [2.45, 2.75) is 0 Å². The van der Waals surface area contributed by atoms with Crippen LogP contribution in [0.15, 0.2) is 10.9 Å². The first-order valence-electron chi connectivity index (χ1n) is 2.59. The lowest BCUT2D eigenvalue weighted by Crippen LogP contribution is -2.01. The maximum Gasteiger partial charge on any atom is 0.278 e. The van der Waals surface area contributed by atoms with Crippen LogP contribution in [0.5, 0.6) is 0 Å². The molecular formula is C6H4N2OS. The van der Waals surface area contributed by atoms with Crippen LogP contribution in [0.1, 0.15) is 10.5 Å². The van der Waals surface area contributed by atoms with E-state index in [-0.39, 0.29) is 12.3 Å². The van der Waals surface area contributed by atoms with Gasteiger partial charge in [-0.2, -0.15) is 0 Å². The molecule has 0 saturated heterocycles. The first-order chi connectivity index (χ1) is 4.84. The number of nitrogens with zero attached hydrogens (tertiary/aromatic N) is 2. The highest BCUT2D eigenvalue weighted by atomic mass is 32.1. The second-order valence-corrected chi connectivity index (χ2v) is 2.33.